The van der Waals surface area contributed by atoms with Gasteiger partial charge in [-0.25, -0.2) is 0 Å². The summed E-state index contributed by atoms with van der Waals surface area (Å²) in [4.78, 5) is 11.2. The first-order valence-electron chi connectivity index (χ1n) is 7.93. The van der Waals surface area contributed by atoms with Gasteiger partial charge in [-0.05, 0) is 35.4 Å². The molecule has 0 saturated carbocycles. The molecule has 0 spiro atoms. The highest BCUT2D eigenvalue weighted by Crippen LogP contribution is 2.40. The number of benzene rings is 2. The van der Waals surface area contributed by atoms with E-state index in [1.165, 1.54) is 0 Å². The van der Waals surface area contributed by atoms with Crippen molar-refractivity contribution in [2.24, 2.45) is 0 Å². The minimum Gasteiger partial charge on any atom is -0.497 e. The standard InChI is InChI=1S/C18H20N2O4/c1-21-15-7-3-13(4-8-15)17-19(23-17)11-12-20-18(24-20)14-5-9-16(22-2)10-6-14/h3-10,17-18H,11-12H2,1-2H3. The summed E-state index contributed by atoms with van der Waals surface area (Å²) in [5, 5.41) is 3.91. The van der Waals surface area contributed by atoms with Gasteiger partial charge in [-0.2, -0.15) is 10.1 Å². The smallest absolute Gasteiger partial charge is 0.180 e. The third-order valence-corrected chi connectivity index (χ3v) is 4.25. The highest BCUT2D eigenvalue weighted by Gasteiger charge is 2.42. The molecule has 4 rings (SSSR count). The van der Waals surface area contributed by atoms with E-state index in [0.717, 1.165) is 35.7 Å². The Labute approximate surface area is 141 Å². The lowest BCUT2D eigenvalue weighted by atomic mass is 10.2. The average molecular weight is 328 g/mol. The summed E-state index contributed by atoms with van der Waals surface area (Å²) in [6.45, 7) is 1.59. The predicted molar refractivity (Wildman–Crippen MR) is 87.1 cm³/mol. The van der Waals surface area contributed by atoms with Crippen molar-refractivity contribution in [2.45, 2.75) is 12.5 Å². The van der Waals surface area contributed by atoms with Crippen LogP contribution in [-0.2, 0) is 9.68 Å². The summed E-state index contributed by atoms with van der Waals surface area (Å²) in [5.74, 6) is 1.71. The van der Waals surface area contributed by atoms with Crippen LogP contribution in [0.3, 0.4) is 0 Å². The van der Waals surface area contributed by atoms with Crippen LogP contribution in [0.1, 0.15) is 23.6 Å². The lowest BCUT2D eigenvalue weighted by Gasteiger charge is -2.02. The quantitative estimate of drug-likeness (QED) is 0.729. The SMILES string of the molecule is COc1ccc(C2ON2CCN2OC2c2ccc(OC)cc2)cc1. The molecule has 0 amide bonds. The van der Waals surface area contributed by atoms with Crippen molar-refractivity contribution in [2.75, 3.05) is 27.3 Å². The summed E-state index contributed by atoms with van der Waals surface area (Å²) < 4.78 is 10.3. The zero-order valence-electron chi connectivity index (χ0n) is 13.7. The van der Waals surface area contributed by atoms with Crippen molar-refractivity contribution < 1.29 is 19.1 Å². The number of rotatable bonds is 7. The molecule has 0 aliphatic carbocycles. The lowest BCUT2D eigenvalue weighted by molar-refractivity contribution is 0.147. The molecule has 6 nitrogen and oxygen atoms in total. The molecule has 6 heteroatoms. The molecule has 2 heterocycles. The van der Waals surface area contributed by atoms with Crippen LogP contribution in [0.25, 0.3) is 0 Å². The fourth-order valence-electron chi connectivity index (χ4n) is 2.73. The number of methoxy groups -OCH3 is 2. The fraction of sp³-hybridized carbons (Fsp3) is 0.333. The average Bonchev–Trinajstić information content (AvgIpc) is 3.54. The Bertz CT molecular complexity index is 628. The summed E-state index contributed by atoms with van der Waals surface area (Å²) >= 11 is 0. The molecule has 126 valence electrons. The lowest BCUT2D eigenvalue weighted by Crippen LogP contribution is -2.13. The van der Waals surface area contributed by atoms with Gasteiger partial charge < -0.3 is 9.47 Å². The molecule has 2 aromatic carbocycles. The highest BCUT2D eigenvalue weighted by molar-refractivity contribution is 5.30. The Hall–Kier alpha value is -2.12. The van der Waals surface area contributed by atoms with Crippen LogP contribution in [0.2, 0.25) is 0 Å². The van der Waals surface area contributed by atoms with Crippen molar-refractivity contribution in [1.82, 2.24) is 10.1 Å². The minimum atomic E-state index is 0.0373. The first-order valence-corrected chi connectivity index (χ1v) is 7.93. The molecule has 2 fully saturated rings. The maximum absolute atomic E-state index is 5.62. The van der Waals surface area contributed by atoms with Crippen molar-refractivity contribution in [3.05, 3.63) is 59.7 Å². The van der Waals surface area contributed by atoms with Crippen LogP contribution in [0.4, 0.5) is 0 Å². The Kier molecular flexibility index (Phi) is 4.12. The highest BCUT2D eigenvalue weighted by atomic mass is 16.8. The summed E-state index contributed by atoms with van der Waals surface area (Å²) in [7, 11) is 3.33. The van der Waals surface area contributed by atoms with Gasteiger partial charge in [-0.15, -0.1) is 0 Å². The van der Waals surface area contributed by atoms with Crippen LogP contribution in [0.5, 0.6) is 11.5 Å². The summed E-state index contributed by atoms with van der Waals surface area (Å²) in [6.07, 6.45) is 0.0746. The molecule has 2 saturated heterocycles. The van der Waals surface area contributed by atoms with Crippen LogP contribution in [0, 0.1) is 0 Å². The van der Waals surface area contributed by atoms with E-state index in [9.17, 15) is 0 Å². The summed E-state index contributed by atoms with van der Waals surface area (Å²) in [6, 6.07) is 15.9. The van der Waals surface area contributed by atoms with Crippen LogP contribution in [-0.4, -0.2) is 37.4 Å². The van der Waals surface area contributed by atoms with Gasteiger partial charge in [0.2, 0.25) is 0 Å². The van der Waals surface area contributed by atoms with E-state index >= 15 is 0 Å². The number of hydroxylamine groups is 4. The molecule has 0 N–H and O–H groups in total. The second-order valence-corrected chi connectivity index (χ2v) is 5.74. The molecule has 4 atom stereocenters. The van der Waals surface area contributed by atoms with Crippen molar-refractivity contribution in [1.29, 1.82) is 0 Å². The molecular formula is C18H20N2O4. The van der Waals surface area contributed by atoms with Gasteiger partial charge in [-0.3, -0.25) is 9.68 Å². The van der Waals surface area contributed by atoms with Gasteiger partial charge in [0.05, 0.1) is 14.2 Å². The second-order valence-electron chi connectivity index (χ2n) is 5.74. The third-order valence-electron chi connectivity index (χ3n) is 4.25. The molecule has 2 aliphatic heterocycles. The second kappa shape index (κ2) is 6.41. The first-order chi connectivity index (χ1) is 11.8. The Morgan fingerprint density at radius 3 is 1.42 bits per heavy atom. The molecule has 0 bridgehead atoms. The van der Waals surface area contributed by atoms with Gasteiger partial charge in [0.25, 0.3) is 0 Å². The maximum Gasteiger partial charge on any atom is 0.180 e. The maximum atomic E-state index is 5.62. The molecule has 24 heavy (non-hydrogen) atoms. The molecular weight excluding hydrogens is 308 g/mol. The Morgan fingerprint density at radius 2 is 1.08 bits per heavy atom. The fourth-order valence-corrected chi connectivity index (χ4v) is 2.73. The molecule has 2 aromatic rings. The van der Waals surface area contributed by atoms with Crippen molar-refractivity contribution in [3.63, 3.8) is 0 Å². The molecule has 0 aromatic heterocycles. The van der Waals surface area contributed by atoms with Crippen LogP contribution < -0.4 is 9.47 Å². The number of nitrogens with zero attached hydrogens (tertiary/aromatic N) is 2. The molecule has 0 radical (unpaired) electrons. The zero-order chi connectivity index (χ0) is 16.5. The van der Waals surface area contributed by atoms with Crippen molar-refractivity contribution in [3.8, 4) is 11.5 Å². The van der Waals surface area contributed by atoms with Gasteiger partial charge >= 0.3 is 0 Å². The molecule has 4 unspecified atom stereocenters. The van der Waals surface area contributed by atoms with E-state index in [2.05, 4.69) is 0 Å². The van der Waals surface area contributed by atoms with E-state index in [1.54, 1.807) is 14.2 Å². The third kappa shape index (κ3) is 3.22. The first kappa shape index (κ1) is 15.4. The monoisotopic (exact) mass is 328 g/mol. The van der Waals surface area contributed by atoms with Gasteiger partial charge in [0.15, 0.2) is 12.5 Å². The Morgan fingerprint density at radius 1 is 0.708 bits per heavy atom. The minimum absolute atomic E-state index is 0.0373. The van der Waals surface area contributed by atoms with Gasteiger partial charge in [-0.1, -0.05) is 24.3 Å². The number of hydrogen-bond donors (Lipinski definition) is 0. The molecule has 2 aliphatic rings. The van der Waals surface area contributed by atoms with E-state index in [1.807, 2.05) is 58.7 Å². The predicted octanol–water partition coefficient (Wildman–Crippen LogP) is 2.90. The van der Waals surface area contributed by atoms with E-state index in [-0.39, 0.29) is 12.5 Å². The van der Waals surface area contributed by atoms with Crippen LogP contribution in [0.15, 0.2) is 48.5 Å². The van der Waals surface area contributed by atoms with Crippen molar-refractivity contribution >= 4 is 0 Å². The van der Waals surface area contributed by atoms with Gasteiger partial charge in [0.1, 0.15) is 11.5 Å². The largest absolute Gasteiger partial charge is 0.497 e. The number of ether oxygens (including phenoxy) is 2. The zero-order valence-corrected chi connectivity index (χ0v) is 13.7. The van der Waals surface area contributed by atoms with Gasteiger partial charge in [0, 0.05) is 13.1 Å². The van der Waals surface area contributed by atoms with E-state index in [0.29, 0.717) is 0 Å². The number of hydrogen-bond acceptors (Lipinski definition) is 6. The van der Waals surface area contributed by atoms with Crippen LogP contribution >= 0.6 is 0 Å². The topological polar surface area (TPSA) is 49.5 Å². The summed E-state index contributed by atoms with van der Waals surface area (Å²) in [5.41, 5.74) is 2.27. The van der Waals surface area contributed by atoms with E-state index < -0.39 is 0 Å². The normalized spacial score (nSPS) is 27.6. The van der Waals surface area contributed by atoms with E-state index in [4.69, 9.17) is 19.1 Å². The Balaban J connectivity index is 1.24.